The van der Waals surface area contributed by atoms with Gasteiger partial charge in [0.25, 0.3) is 5.91 Å². The molecule has 1 fully saturated rings. The average molecular weight is 481 g/mol. The number of nitrogens with two attached hydrogens (primary N) is 2. The molecule has 1 saturated heterocycles. The maximum absolute atomic E-state index is 13.8. The molecule has 0 spiro atoms. The van der Waals surface area contributed by atoms with Gasteiger partial charge in [0.2, 0.25) is 0 Å². The van der Waals surface area contributed by atoms with Crippen LogP contribution in [0.15, 0.2) is 30.6 Å². The van der Waals surface area contributed by atoms with Gasteiger partial charge in [0.15, 0.2) is 0 Å². The number of hydrogen-bond acceptors (Lipinski definition) is 8. The number of aliphatic hydroxyl groups is 1. The fraction of sp³-hybridized carbons (Fsp3) is 0.381. The first-order valence-corrected chi connectivity index (χ1v) is 11.1. The Kier molecular flexibility index (Phi) is 6.41. The van der Waals surface area contributed by atoms with Gasteiger partial charge in [0, 0.05) is 43.5 Å². The van der Waals surface area contributed by atoms with Crippen LogP contribution in [0.5, 0.6) is 0 Å². The van der Waals surface area contributed by atoms with E-state index >= 15 is 0 Å². The Balaban J connectivity index is 1.48. The lowest BCUT2D eigenvalue weighted by Gasteiger charge is -2.34. The molecular weight excluding hydrogens is 457 g/mol. The Hall–Kier alpha value is -2.96. The fourth-order valence-corrected chi connectivity index (χ4v) is 4.94. The van der Waals surface area contributed by atoms with Crippen molar-refractivity contribution < 1.29 is 23.1 Å². The summed E-state index contributed by atoms with van der Waals surface area (Å²) in [4.78, 5) is 21.6. The van der Waals surface area contributed by atoms with Crippen LogP contribution in [0.2, 0.25) is 0 Å². The average Bonchev–Trinajstić information content (AvgIpc) is 3.14. The minimum absolute atomic E-state index is 0.0341. The molecule has 176 valence electrons. The predicted octanol–water partition coefficient (Wildman–Crippen LogP) is 2.68. The molecule has 33 heavy (non-hydrogen) atoms. The summed E-state index contributed by atoms with van der Waals surface area (Å²) >= 11 is 0.768. The van der Waals surface area contributed by atoms with Crippen LogP contribution in [-0.2, 0) is 6.18 Å². The minimum atomic E-state index is -4.66. The smallest absolute Gasteiger partial charge is 0.397 e. The molecule has 0 aliphatic carbocycles. The summed E-state index contributed by atoms with van der Waals surface area (Å²) in [6.45, 7) is 1.34. The minimum Gasteiger partial charge on any atom is -0.397 e. The lowest BCUT2D eigenvalue weighted by molar-refractivity contribution is -0.136. The van der Waals surface area contributed by atoms with E-state index in [4.69, 9.17) is 11.5 Å². The number of nitrogens with zero attached hydrogens (tertiary/aromatic N) is 3. The molecular formula is C21H23F3N6O2S. The third kappa shape index (κ3) is 4.87. The fourth-order valence-electron chi connectivity index (χ4n) is 3.97. The van der Waals surface area contributed by atoms with Gasteiger partial charge in [-0.1, -0.05) is 0 Å². The number of piperidine rings is 1. The molecule has 1 aliphatic rings. The molecule has 0 aromatic carbocycles. The number of amides is 1. The Bertz CT molecular complexity index is 1150. The standard InChI is InChI=1S/C21H23F3N6O2S/c22-21(23,24)13-9-15(29-20-16(13)17(25)18(33-20)19(26)32)30-7-3-12(4-8-30)28-10-14(31)11-1-5-27-6-2-11/h1-2,5-6,9,12,14,28,31H,3-4,7-8,10,25H2,(H2,26,32). The topological polar surface area (TPSA) is 130 Å². The lowest BCUT2D eigenvalue weighted by Crippen LogP contribution is -2.44. The molecule has 1 unspecified atom stereocenters. The van der Waals surface area contributed by atoms with Crippen LogP contribution in [0.4, 0.5) is 24.7 Å². The predicted molar refractivity (Wildman–Crippen MR) is 120 cm³/mol. The van der Waals surface area contributed by atoms with Crippen molar-refractivity contribution in [3.8, 4) is 0 Å². The van der Waals surface area contributed by atoms with Crippen LogP contribution in [0.1, 0.15) is 39.7 Å². The van der Waals surface area contributed by atoms with Crippen LogP contribution in [0, 0.1) is 0 Å². The highest BCUT2D eigenvalue weighted by Crippen LogP contribution is 2.43. The number of carbonyl (C=O) groups excluding carboxylic acids is 1. The normalized spacial score (nSPS) is 16.3. The van der Waals surface area contributed by atoms with Crippen LogP contribution < -0.4 is 21.7 Å². The molecule has 0 bridgehead atoms. The summed E-state index contributed by atoms with van der Waals surface area (Å²) < 4.78 is 41.3. The molecule has 1 atom stereocenters. The molecule has 3 aromatic rings. The van der Waals surface area contributed by atoms with E-state index in [0.717, 1.165) is 23.0 Å². The first-order chi connectivity index (χ1) is 15.6. The number of carbonyl (C=O) groups is 1. The summed E-state index contributed by atoms with van der Waals surface area (Å²) in [6.07, 6.45) is -0.767. The third-order valence-electron chi connectivity index (χ3n) is 5.72. The zero-order chi connectivity index (χ0) is 23.8. The number of hydrogen-bond donors (Lipinski definition) is 4. The number of halogens is 3. The Morgan fingerprint density at radius 1 is 1.30 bits per heavy atom. The number of primary amides is 1. The van der Waals surface area contributed by atoms with E-state index < -0.39 is 23.8 Å². The number of nitrogen functional groups attached to an aromatic ring is 1. The van der Waals surface area contributed by atoms with E-state index in [1.54, 1.807) is 29.4 Å². The van der Waals surface area contributed by atoms with Crippen molar-refractivity contribution in [3.05, 3.63) is 46.6 Å². The maximum Gasteiger partial charge on any atom is 0.417 e. The van der Waals surface area contributed by atoms with Gasteiger partial charge in [0.05, 0.1) is 17.4 Å². The van der Waals surface area contributed by atoms with E-state index in [0.29, 0.717) is 32.5 Å². The molecule has 0 radical (unpaired) electrons. The number of aliphatic hydroxyl groups excluding tert-OH is 1. The van der Waals surface area contributed by atoms with Gasteiger partial charge in [-0.25, -0.2) is 4.98 Å². The highest BCUT2D eigenvalue weighted by Gasteiger charge is 2.37. The summed E-state index contributed by atoms with van der Waals surface area (Å²) in [5.41, 5.74) is 10.6. The number of alkyl halides is 3. The van der Waals surface area contributed by atoms with Crippen molar-refractivity contribution in [2.45, 2.75) is 31.2 Å². The van der Waals surface area contributed by atoms with Gasteiger partial charge in [-0.2, -0.15) is 13.2 Å². The molecule has 8 nitrogen and oxygen atoms in total. The van der Waals surface area contributed by atoms with E-state index in [1.165, 1.54) is 0 Å². The summed E-state index contributed by atoms with van der Waals surface area (Å²) in [6, 6.07) is 4.59. The van der Waals surface area contributed by atoms with Crippen LogP contribution in [0.3, 0.4) is 0 Å². The van der Waals surface area contributed by atoms with Gasteiger partial charge in [-0.05, 0) is 36.6 Å². The number of fused-ring (bicyclic) bond motifs is 1. The molecule has 6 N–H and O–H groups in total. The SMILES string of the molecule is NC(=O)c1sc2nc(N3CCC(NCC(O)c4ccncc4)CC3)cc(C(F)(F)F)c2c1N. The second-order valence-electron chi connectivity index (χ2n) is 7.88. The Labute approximate surface area is 191 Å². The van der Waals surface area contributed by atoms with Crippen molar-refractivity contribution in [2.24, 2.45) is 5.73 Å². The van der Waals surface area contributed by atoms with Gasteiger partial charge < -0.3 is 26.8 Å². The van der Waals surface area contributed by atoms with Crippen LogP contribution >= 0.6 is 11.3 Å². The van der Waals surface area contributed by atoms with Gasteiger partial charge in [0.1, 0.15) is 15.5 Å². The second kappa shape index (κ2) is 9.12. The largest absolute Gasteiger partial charge is 0.417 e. The number of thiophene rings is 1. The van der Waals surface area contributed by atoms with Crippen LogP contribution in [-0.4, -0.2) is 46.7 Å². The van der Waals surface area contributed by atoms with Crippen LogP contribution in [0.25, 0.3) is 10.2 Å². The molecule has 4 heterocycles. The first kappa shape index (κ1) is 23.2. The van der Waals surface area contributed by atoms with Crippen molar-refractivity contribution >= 4 is 39.0 Å². The highest BCUT2D eigenvalue weighted by molar-refractivity contribution is 7.21. The Morgan fingerprint density at radius 3 is 2.58 bits per heavy atom. The number of nitrogens with one attached hydrogen (secondary N) is 1. The zero-order valence-corrected chi connectivity index (χ0v) is 18.3. The van der Waals surface area contributed by atoms with Crippen molar-refractivity contribution in [2.75, 3.05) is 30.3 Å². The van der Waals surface area contributed by atoms with Gasteiger partial charge in [-0.15, -0.1) is 11.3 Å². The molecule has 12 heteroatoms. The van der Waals surface area contributed by atoms with Crippen molar-refractivity contribution in [1.29, 1.82) is 0 Å². The van der Waals surface area contributed by atoms with E-state index in [9.17, 15) is 23.1 Å². The lowest BCUT2D eigenvalue weighted by atomic mass is 10.0. The monoisotopic (exact) mass is 480 g/mol. The summed E-state index contributed by atoms with van der Waals surface area (Å²) in [7, 11) is 0. The second-order valence-corrected chi connectivity index (χ2v) is 8.88. The highest BCUT2D eigenvalue weighted by atomic mass is 32.1. The quantitative estimate of drug-likeness (QED) is 0.427. The number of aromatic nitrogens is 2. The summed E-state index contributed by atoms with van der Waals surface area (Å²) in [5, 5.41) is 13.3. The van der Waals surface area contributed by atoms with E-state index in [1.807, 2.05) is 0 Å². The van der Waals surface area contributed by atoms with Crippen molar-refractivity contribution in [3.63, 3.8) is 0 Å². The number of rotatable bonds is 6. The van der Waals surface area contributed by atoms with Gasteiger partial charge >= 0.3 is 6.18 Å². The van der Waals surface area contributed by atoms with Crippen molar-refractivity contribution in [1.82, 2.24) is 15.3 Å². The molecule has 4 rings (SSSR count). The third-order valence-corrected chi connectivity index (χ3v) is 6.84. The molecule has 0 saturated carbocycles. The number of pyridine rings is 2. The molecule has 3 aromatic heterocycles. The molecule has 1 amide bonds. The van der Waals surface area contributed by atoms with E-state index in [2.05, 4.69) is 15.3 Å². The zero-order valence-electron chi connectivity index (χ0n) is 17.5. The number of anilines is 2. The Morgan fingerprint density at radius 2 is 1.97 bits per heavy atom. The van der Waals surface area contributed by atoms with Gasteiger partial charge in [-0.3, -0.25) is 9.78 Å². The maximum atomic E-state index is 13.8. The molecule has 1 aliphatic heterocycles. The summed E-state index contributed by atoms with van der Waals surface area (Å²) in [5.74, 6) is -0.701. The van der Waals surface area contributed by atoms with E-state index in [-0.39, 0.29) is 32.6 Å². The first-order valence-electron chi connectivity index (χ1n) is 10.3.